The summed E-state index contributed by atoms with van der Waals surface area (Å²) in [4.78, 5) is 11.6. The van der Waals surface area contributed by atoms with Gasteiger partial charge in [0.15, 0.2) is 0 Å². The number of nitrogens with one attached hydrogen (secondary N) is 1. The number of hydrogen-bond donors (Lipinski definition) is 2. The third-order valence-corrected chi connectivity index (χ3v) is 2.88. The molecular formula is C13H17F3N2O. The van der Waals surface area contributed by atoms with Gasteiger partial charge < -0.3 is 11.1 Å². The molecule has 0 saturated heterocycles. The number of rotatable bonds is 4. The molecule has 0 aliphatic heterocycles. The third kappa shape index (κ3) is 4.46. The number of nitrogen functional groups attached to an aromatic ring is 1. The van der Waals surface area contributed by atoms with Gasteiger partial charge in [0.05, 0.1) is 16.9 Å². The number of anilines is 2. The molecule has 0 aliphatic carbocycles. The molecule has 3 nitrogen and oxygen atoms in total. The van der Waals surface area contributed by atoms with Crippen molar-refractivity contribution in [1.29, 1.82) is 0 Å². The van der Waals surface area contributed by atoms with Gasteiger partial charge in [0, 0.05) is 6.42 Å². The Labute approximate surface area is 110 Å². The van der Waals surface area contributed by atoms with Crippen LogP contribution in [0.25, 0.3) is 0 Å². The fraction of sp³-hybridized carbons (Fsp3) is 0.462. The lowest BCUT2D eigenvalue weighted by atomic mass is 10.0. The molecule has 106 valence electrons. The van der Waals surface area contributed by atoms with Crippen LogP contribution in [0.4, 0.5) is 24.5 Å². The Kier molecular flexibility index (Phi) is 4.80. The molecule has 0 radical (unpaired) electrons. The maximum Gasteiger partial charge on any atom is 0.416 e. The minimum absolute atomic E-state index is 0.0904. The van der Waals surface area contributed by atoms with E-state index >= 15 is 0 Å². The third-order valence-electron chi connectivity index (χ3n) is 2.88. The molecule has 6 heteroatoms. The first-order chi connectivity index (χ1) is 8.74. The summed E-state index contributed by atoms with van der Waals surface area (Å²) >= 11 is 0. The highest BCUT2D eigenvalue weighted by Gasteiger charge is 2.30. The fourth-order valence-electron chi connectivity index (χ4n) is 1.51. The maximum atomic E-state index is 12.4. The van der Waals surface area contributed by atoms with Crippen molar-refractivity contribution in [2.24, 2.45) is 5.92 Å². The van der Waals surface area contributed by atoms with Crippen LogP contribution >= 0.6 is 0 Å². The van der Waals surface area contributed by atoms with Gasteiger partial charge >= 0.3 is 6.18 Å². The molecule has 1 unspecified atom stereocenters. The molecule has 19 heavy (non-hydrogen) atoms. The maximum absolute atomic E-state index is 12.4. The van der Waals surface area contributed by atoms with Gasteiger partial charge in [0.1, 0.15) is 0 Å². The highest BCUT2D eigenvalue weighted by atomic mass is 19.4. The van der Waals surface area contributed by atoms with Gasteiger partial charge in [0.25, 0.3) is 0 Å². The molecule has 1 atom stereocenters. The topological polar surface area (TPSA) is 55.1 Å². The number of amides is 1. The van der Waals surface area contributed by atoms with E-state index in [9.17, 15) is 18.0 Å². The highest BCUT2D eigenvalue weighted by molar-refractivity contribution is 5.94. The van der Waals surface area contributed by atoms with Gasteiger partial charge in [0.2, 0.25) is 5.91 Å². The minimum atomic E-state index is -4.44. The lowest BCUT2D eigenvalue weighted by molar-refractivity contribution is -0.137. The Bertz CT molecular complexity index is 458. The van der Waals surface area contributed by atoms with Gasteiger partial charge in [-0.2, -0.15) is 13.2 Å². The molecule has 1 amide bonds. The first-order valence-corrected chi connectivity index (χ1v) is 6.00. The van der Waals surface area contributed by atoms with E-state index in [0.29, 0.717) is 6.42 Å². The van der Waals surface area contributed by atoms with Gasteiger partial charge in [-0.05, 0) is 24.1 Å². The zero-order chi connectivity index (χ0) is 14.6. The van der Waals surface area contributed by atoms with E-state index in [1.165, 1.54) is 6.07 Å². The van der Waals surface area contributed by atoms with E-state index in [2.05, 4.69) is 5.32 Å². The minimum Gasteiger partial charge on any atom is -0.397 e. The van der Waals surface area contributed by atoms with Gasteiger partial charge in [-0.15, -0.1) is 0 Å². The van der Waals surface area contributed by atoms with Crippen LogP contribution < -0.4 is 11.1 Å². The van der Waals surface area contributed by atoms with Crippen molar-refractivity contribution in [3.8, 4) is 0 Å². The molecule has 1 rings (SSSR count). The summed E-state index contributed by atoms with van der Waals surface area (Å²) in [6, 6.07) is 2.89. The van der Waals surface area contributed by atoms with Crippen LogP contribution in [-0.2, 0) is 11.0 Å². The molecular weight excluding hydrogens is 257 g/mol. The summed E-state index contributed by atoms with van der Waals surface area (Å²) in [6.07, 6.45) is -3.26. The molecule has 1 aromatic carbocycles. The molecule has 0 spiro atoms. The summed E-state index contributed by atoms with van der Waals surface area (Å²) in [7, 11) is 0. The van der Waals surface area contributed by atoms with Crippen molar-refractivity contribution in [1.82, 2.24) is 0 Å². The number of alkyl halides is 3. The van der Waals surface area contributed by atoms with E-state index in [-0.39, 0.29) is 23.2 Å². The van der Waals surface area contributed by atoms with Gasteiger partial charge in [-0.25, -0.2) is 0 Å². The summed E-state index contributed by atoms with van der Waals surface area (Å²) in [6.45, 7) is 3.89. The van der Waals surface area contributed by atoms with Crippen molar-refractivity contribution in [2.75, 3.05) is 11.1 Å². The second-order valence-corrected chi connectivity index (χ2v) is 4.57. The molecule has 3 N–H and O–H groups in total. The van der Waals surface area contributed by atoms with Crippen molar-refractivity contribution in [2.45, 2.75) is 32.9 Å². The number of nitrogens with two attached hydrogens (primary N) is 1. The Balaban J connectivity index is 2.78. The summed E-state index contributed by atoms with van der Waals surface area (Å²) < 4.78 is 37.3. The predicted molar refractivity (Wildman–Crippen MR) is 68.6 cm³/mol. The van der Waals surface area contributed by atoms with Crippen molar-refractivity contribution < 1.29 is 18.0 Å². The first kappa shape index (κ1) is 15.3. The molecule has 0 heterocycles. The second-order valence-electron chi connectivity index (χ2n) is 4.57. The zero-order valence-electron chi connectivity index (χ0n) is 10.8. The van der Waals surface area contributed by atoms with E-state index < -0.39 is 11.7 Å². The van der Waals surface area contributed by atoms with E-state index in [4.69, 9.17) is 5.73 Å². The molecule has 0 bridgehead atoms. The lowest BCUT2D eigenvalue weighted by Crippen LogP contribution is -2.16. The van der Waals surface area contributed by atoms with Crippen molar-refractivity contribution >= 4 is 17.3 Å². The number of benzene rings is 1. The smallest absolute Gasteiger partial charge is 0.397 e. The monoisotopic (exact) mass is 274 g/mol. The second kappa shape index (κ2) is 5.95. The van der Waals surface area contributed by atoms with E-state index in [1.807, 2.05) is 13.8 Å². The molecule has 0 aromatic heterocycles. The summed E-state index contributed by atoms with van der Waals surface area (Å²) in [5, 5.41) is 2.52. The average molecular weight is 274 g/mol. The van der Waals surface area contributed by atoms with Crippen molar-refractivity contribution in [3.63, 3.8) is 0 Å². The number of carbonyl (C=O) groups excluding carboxylic acids is 1. The van der Waals surface area contributed by atoms with Crippen LogP contribution in [0.5, 0.6) is 0 Å². The molecule has 1 aromatic rings. The van der Waals surface area contributed by atoms with Crippen LogP contribution in [0.2, 0.25) is 0 Å². The Hall–Kier alpha value is -1.72. The number of halogens is 3. The predicted octanol–water partition coefficient (Wildman–Crippen LogP) is 3.66. The van der Waals surface area contributed by atoms with E-state index in [1.54, 1.807) is 0 Å². The normalized spacial score (nSPS) is 13.1. The standard InChI is InChI=1S/C13H17F3N2O/c1-3-8(2)6-12(19)18-11-5-4-9(7-10(11)17)13(14,15)16/h4-5,7-8H,3,6,17H2,1-2H3,(H,18,19). The lowest BCUT2D eigenvalue weighted by Gasteiger charge is -2.13. The quantitative estimate of drug-likeness (QED) is 0.823. The number of carbonyl (C=O) groups is 1. The van der Waals surface area contributed by atoms with Crippen LogP contribution in [-0.4, -0.2) is 5.91 Å². The Morgan fingerprint density at radius 3 is 2.53 bits per heavy atom. The van der Waals surface area contributed by atoms with Crippen LogP contribution in [0.1, 0.15) is 32.3 Å². The average Bonchev–Trinajstić information content (AvgIpc) is 2.30. The zero-order valence-corrected chi connectivity index (χ0v) is 10.8. The SMILES string of the molecule is CCC(C)CC(=O)Nc1ccc(C(F)(F)F)cc1N. The first-order valence-electron chi connectivity index (χ1n) is 6.00. The Morgan fingerprint density at radius 2 is 2.05 bits per heavy atom. The summed E-state index contributed by atoms with van der Waals surface area (Å²) in [5.74, 6) is -0.0310. The largest absolute Gasteiger partial charge is 0.416 e. The van der Waals surface area contributed by atoms with Gasteiger partial charge in [-0.1, -0.05) is 20.3 Å². The van der Waals surface area contributed by atoms with E-state index in [0.717, 1.165) is 18.6 Å². The van der Waals surface area contributed by atoms with Crippen LogP contribution in [0.15, 0.2) is 18.2 Å². The fourth-order valence-corrected chi connectivity index (χ4v) is 1.51. The Morgan fingerprint density at radius 1 is 1.42 bits per heavy atom. The number of hydrogen-bond acceptors (Lipinski definition) is 2. The molecule has 0 saturated carbocycles. The molecule has 0 aliphatic rings. The summed E-state index contributed by atoms with van der Waals surface area (Å²) in [5.41, 5.74) is 4.81. The van der Waals surface area contributed by atoms with Crippen molar-refractivity contribution in [3.05, 3.63) is 23.8 Å². The van der Waals surface area contributed by atoms with Crippen LogP contribution in [0.3, 0.4) is 0 Å². The van der Waals surface area contributed by atoms with Crippen LogP contribution in [0, 0.1) is 5.92 Å². The highest BCUT2D eigenvalue weighted by Crippen LogP contribution is 2.32. The molecule has 0 fully saturated rings. The van der Waals surface area contributed by atoms with Gasteiger partial charge in [-0.3, -0.25) is 4.79 Å².